The zero-order valence-corrected chi connectivity index (χ0v) is 17.5. The number of carbonyl (C=O) groups is 1. The van der Waals surface area contributed by atoms with Gasteiger partial charge >= 0.3 is 5.97 Å². The van der Waals surface area contributed by atoms with Gasteiger partial charge in [-0.1, -0.05) is 41.0 Å². The molecule has 0 fully saturated rings. The lowest BCUT2D eigenvalue weighted by atomic mass is 10.1. The molecule has 0 unspecified atom stereocenters. The van der Waals surface area contributed by atoms with E-state index in [1.807, 2.05) is 13.0 Å². The van der Waals surface area contributed by atoms with Crippen LogP contribution in [0.25, 0.3) is 0 Å². The Morgan fingerprint density at radius 1 is 0.960 bits per heavy atom. The number of aliphatic carboxylic acids is 1. The van der Waals surface area contributed by atoms with Crippen molar-refractivity contribution in [3.63, 3.8) is 0 Å². The summed E-state index contributed by atoms with van der Waals surface area (Å²) in [4.78, 5) is 10.2. The van der Waals surface area contributed by atoms with Crippen LogP contribution >= 0.6 is 0 Å². The largest absolute Gasteiger partial charge is 0.481 e. The van der Waals surface area contributed by atoms with Gasteiger partial charge in [0.05, 0.1) is 0 Å². The van der Waals surface area contributed by atoms with Crippen LogP contribution in [-0.4, -0.2) is 25.3 Å². The van der Waals surface area contributed by atoms with E-state index < -0.39 is 5.97 Å². The number of hydrogen-bond acceptors (Lipinski definition) is 2. The second kappa shape index (κ2) is 22.4. The predicted molar refractivity (Wildman–Crippen MR) is 111 cm³/mol. The summed E-state index contributed by atoms with van der Waals surface area (Å²) >= 11 is 0. The molecule has 0 aromatic heterocycles. The van der Waals surface area contributed by atoms with Gasteiger partial charge in [-0.2, -0.15) is 0 Å². The molecule has 0 aliphatic rings. The normalized spacial score (nSPS) is 10.3. The van der Waals surface area contributed by atoms with Gasteiger partial charge in [0, 0.05) is 20.6 Å². The Kier molecular flexibility index (Phi) is 25.3. The Morgan fingerprint density at radius 2 is 1.48 bits per heavy atom. The van der Waals surface area contributed by atoms with Crippen molar-refractivity contribution in [2.75, 3.05) is 14.2 Å². The number of ether oxygens (including phenoxy) is 1. The average Bonchev–Trinajstić information content (AvgIpc) is 2.48. The first-order valence-electron chi connectivity index (χ1n) is 8.87. The van der Waals surface area contributed by atoms with Crippen molar-refractivity contribution in [1.82, 2.24) is 0 Å². The monoisotopic (exact) mass is 352 g/mol. The molecule has 0 rings (SSSR count). The quantitative estimate of drug-likeness (QED) is 0.468. The standard InChI is InChI=1S/C12H20O2.C8H14.C2H6O/c1-10(2)6-4-7-11(3)8-5-9-12(13)14;1-4-5-6-7-8(2)3;1-3-2/h6,8H,4-5,7,9H2,1-3H3,(H,13,14);4-5H,2,6-7H2,1,3H3;1-2H3. The molecule has 0 aliphatic heterocycles. The molecule has 0 aromatic carbocycles. The minimum atomic E-state index is -0.724. The fraction of sp³-hybridized carbons (Fsp3) is 0.591. The van der Waals surface area contributed by atoms with Crippen LogP contribution in [-0.2, 0) is 9.53 Å². The molecule has 146 valence electrons. The third kappa shape index (κ3) is 39.3. The molecule has 0 bridgehead atoms. The lowest BCUT2D eigenvalue weighted by Crippen LogP contribution is -1.92. The van der Waals surface area contributed by atoms with E-state index in [-0.39, 0.29) is 6.42 Å². The Morgan fingerprint density at radius 3 is 1.88 bits per heavy atom. The summed E-state index contributed by atoms with van der Waals surface area (Å²) in [7, 11) is 3.25. The molecule has 0 spiro atoms. The van der Waals surface area contributed by atoms with Crippen LogP contribution < -0.4 is 0 Å². The van der Waals surface area contributed by atoms with Crippen molar-refractivity contribution in [3.8, 4) is 0 Å². The van der Waals surface area contributed by atoms with E-state index in [0.717, 1.165) is 25.7 Å². The third-order valence-corrected chi connectivity index (χ3v) is 2.92. The summed E-state index contributed by atoms with van der Waals surface area (Å²) in [5, 5.41) is 8.44. The molecular weight excluding hydrogens is 312 g/mol. The highest BCUT2D eigenvalue weighted by molar-refractivity contribution is 5.66. The molecule has 0 aromatic rings. The maximum Gasteiger partial charge on any atom is 0.303 e. The van der Waals surface area contributed by atoms with Crippen molar-refractivity contribution in [2.24, 2.45) is 0 Å². The molecule has 0 aliphatic carbocycles. The molecule has 0 atom stereocenters. The first-order chi connectivity index (χ1) is 11.7. The smallest absolute Gasteiger partial charge is 0.303 e. The highest BCUT2D eigenvalue weighted by atomic mass is 16.4. The topological polar surface area (TPSA) is 46.5 Å². The molecule has 0 amide bonds. The van der Waals surface area contributed by atoms with Gasteiger partial charge in [0.15, 0.2) is 0 Å². The Labute approximate surface area is 156 Å². The summed E-state index contributed by atoms with van der Waals surface area (Å²) in [5.41, 5.74) is 3.88. The second-order valence-corrected chi connectivity index (χ2v) is 6.28. The first kappa shape index (κ1) is 28.2. The second-order valence-electron chi connectivity index (χ2n) is 6.28. The van der Waals surface area contributed by atoms with Crippen LogP contribution in [0.1, 0.15) is 73.1 Å². The van der Waals surface area contributed by atoms with Crippen molar-refractivity contribution < 1.29 is 14.6 Å². The number of hydrogen-bond donors (Lipinski definition) is 1. The van der Waals surface area contributed by atoms with Crippen molar-refractivity contribution >= 4 is 5.97 Å². The molecule has 3 nitrogen and oxygen atoms in total. The Bertz CT molecular complexity index is 411. The summed E-state index contributed by atoms with van der Waals surface area (Å²) in [6, 6.07) is 0. The van der Waals surface area contributed by atoms with E-state index in [1.165, 1.54) is 16.7 Å². The van der Waals surface area contributed by atoms with Gasteiger partial charge in [0.2, 0.25) is 0 Å². The van der Waals surface area contributed by atoms with Gasteiger partial charge in [0.1, 0.15) is 0 Å². The highest BCUT2D eigenvalue weighted by Gasteiger charge is 1.94. The number of carboxylic acids is 1. The molecule has 0 radical (unpaired) electrons. The first-order valence-corrected chi connectivity index (χ1v) is 8.87. The van der Waals surface area contributed by atoms with E-state index in [0.29, 0.717) is 6.42 Å². The zero-order chi connectivity index (χ0) is 20.1. The highest BCUT2D eigenvalue weighted by Crippen LogP contribution is 2.08. The minimum absolute atomic E-state index is 0.236. The molecule has 0 saturated carbocycles. The van der Waals surface area contributed by atoms with Gasteiger partial charge in [0.25, 0.3) is 0 Å². The van der Waals surface area contributed by atoms with Crippen molar-refractivity contribution in [1.29, 1.82) is 0 Å². The molecule has 3 heteroatoms. The SMILES string of the molecule is C=C(C)CCC=CC.CC(C)=CCCC(C)=CCCC(=O)O.COC. The van der Waals surface area contributed by atoms with Gasteiger partial charge in [-0.15, -0.1) is 6.58 Å². The Hall–Kier alpha value is -1.61. The maximum absolute atomic E-state index is 10.2. The number of methoxy groups -OCH3 is 1. The van der Waals surface area contributed by atoms with Crippen LogP contribution in [0.3, 0.4) is 0 Å². The van der Waals surface area contributed by atoms with E-state index in [1.54, 1.807) is 14.2 Å². The molecule has 25 heavy (non-hydrogen) atoms. The van der Waals surface area contributed by atoms with Crippen LogP contribution in [0, 0.1) is 0 Å². The van der Waals surface area contributed by atoms with Crippen LogP contribution in [0.4, 0.5) is 0 Å². The molecule has 0 saturated heterocycles. The molecule has 1 N–H and O–H groups in total. The number of carboxylic acid groups (broad SMARTS) is 1. The van der Waals surface area contributed by atoms with E-state index in [2.05, 4.69) is 57.2 Å². The van der Waals surface area contributed by atoms with Crippen LogP contribution in [0.2, 0.25) is 0 Å². The summed E-state index contributed by atoms with van der Waals surface area (Å²) in [5.74, 6) is -0.724. The lowest BCUT2D eigenvalue weighted by molar-refractivity contribution is -0.136. The van der Waals surface area contributed by atoms with Crippen LogP contribution in [0.5, 0.6) is 0 Å². The van der Waals surface area contributed by atoms with Gasteiger partial charge in [-0.25, -0.2) is 0 Å². The maximum atomic E-state index is 10.2. The summed E-state index contributed by atoms with van der Waals surface area (Å²) in [6.45, 7) is 14.1. The fourth-order valence-corrected chi connectivity index (χ4v) is 1.63. The number of rotatable bonds is 9. The van der Waals surface area contributed by atoms with E-state index >= 15 is 0 Å². The summed E-state index contributed by atoms with van der Waals surface area (Å²) < 4.78 is 4.25. The van der Waals surface area contributed by atoms with Gasteiger partial charge in [-0.05, 0) is 66.7 Å². The average molecular weight is 353 g/mol. The van der Waals surface area contributed by atoms with Crippen molar-refractivity contribution in [3.05, 3.63) is 47.6 Å². The predicted octanol–water partition coefficient (Wildman–Crippen LogP) is 6.73. The lowest BCUT2D eigenvalue weighted by Gasteiger charge is -1.98. The summed E-state index contributed by atoms with van der Waals surface area (Å²) in [6.07, 6.45) is 13.7. The molecular formula is C22H40O3. The zero-order valence-electron chi connectivity index (χ0n) is 17.5. The van der Waals surface area contributed by atoms with Crippen LogP contribution in [0.15, 0.2) is 47.6 Å². The third-order valence-electron chi connectivity index (χ3n) is 2.92. The molecule has 0 heterocycles. The minimum Gasteiger partial charge on any atom is -0.481 e. The van der Waals surface area contributed by atoms with Gasteiger partial charge in [-0.3, -0.25) is 4.79 Å². The van der Waals surface area contributed by atoms with E-state index in [4.69, 9.17) is 5.11 Å². The van der Waals surface area contributed by atoms with Gasteiger partial charge < -0.3 is 9.84 Å². The fourth-order valence-electron chi connectivity index (χ4n) is 1.63. The van der Waals surface area contributed by atoms with E-state index in [9.17, 15) is 4.79 Å². The Balaban J connectivity index is -0.000000371. The van der Waals surface area contributed by atoms with Crippen molar-refractivity contribution in [2.45, 2.75) is 73.1 Å². The number of allylic oxidation sites excluding steroid dienone is 7.